The van der Waals surface area contributed by atoms with Crippen molar-refractivity contribution in [2.45, 2.75) is 130 Å². The lowest BCUT2D eigenvalue weighted by Gasteiger charge is -2.61. The van der Waals surface area contributed by atoms with Gasteiger partial charge in [-0.05, 0) is 105 Å². The fraction of sp³-hybridized carbons (Fsp3) is 0.968. The van der Waals surface area contributed by atoms with Gasteiger partial charge in [0, 0.05) is 24.7 Å². The van der Waals surface area contributed by atoms with Gasteiger partial charge < -0.3 is 9.47 Å². The second kappa shape index (κ2) is 9.23. The fourth-order valence-electron chi connectivity index (χ4n) is 10.6. The maximum absolute atomic E-state index is 12.2. The van der Waals surface area contributed by atoms with Crippen LogP contribution < -0.4 is 0 Å². The number of rotatable bonds is 3. The average Bonchev–Trinajstić information content (AvgIpc) is 3.16. The number of esters is 1. The summed E-state index contributed by atoms with van der Waals surface area (Å²) in [4.78, 5) is 24.6. The first kappa shape index (κ1) is 25.6. The molecule has 0 aromatic rings. The van der Waals surface area contributed by atoms with Crippen molar-refractivity contribution in [1.82, 2.24) is 0 Å². The summed E-state index contributed by atoms with van der Waals surface area (Å²) in [5, 5.41) is 0. The van der Waals surface area contributed by atoms with Gasteiger partial charge >= 0.3 is 5.97 Å². The zero-order valence-electron chi connectivity index (χ0n) is 23.4. The van der Waals surface area contributed by atoms with Gasteiger partial charge in [0.15, 0.2) is 0 Å². The van der Waals surface area contributed by atoms with E-state index in [0.717, 1.165) is 57.0 Å². The number of carbonyl (C=O) groups is 1. The Hall–Kier alpha value is -0.650. The molecule has 4 saturated carbocycles. The maximum atomic E-state index is 12.2. The lowest BCUT2D eigenvalue weighted by Crippen LogP contribution is -2.59. The average molecular weight is 503 g/mol. The van der Waals surface area contributed by atoms with E-state index in [2.05, 4.69) is 34.6 Å². The van der Waals surface area contributed by atoms with E-state index in [9.17, 15) is 4.79 Å². The standard InChI is InChI=1S/C31H50O5/c1-6-7-27(32)34-22-11-13-29(4)21(16-22)8-9-23-24(29)12-14-30(5)25(23)17-26-28(30)20(3)31(36-35-26)15-10-19(2)18-33-31/h19-26,28H,6-18H2,1-5H3/t19?,20-,21+,22+,23?,24?,25?,26?,28?,29?,30-,31+/m0/s1. The van der Waals surface area contributed by atoms with Crippen LogP contribution in [0.15, 0.2) is 0 Å². The summed E-state index contributed by atoms with van der Waals surface area (Å²) < 4.78 is 12.3. The molecule has 2 heterocycles. The van der Waals surface area contributed by atoms with Gasteiger partial charge in [0.05, 0.1) is 12.7 Å². The van der Waals surface area contributed by atoms with Gasteiger partial charge in [-0.25, -0.2) is 9.78 Å². The molecule has 7 unspecified atom stereocenters. The van der Waals surface area contributed by atoms with Crippen molar-refractivity contribution in [3.8, 4) is 0 Å². The van der Waals surface area contributed by atoms with Crippen LogP contribution in [-0.4, -0.2) is 30.6 Å². The normalized spacial score (nSPS) is 54.2. The van der Waals surface area contributed by atoms with Crippen molar-refractivity contribution in [2.24, 2.45) is 52.3 Å². The maximum Gasteiger partial charge on any atom is 0.306 e. The molecule has 2 aliphatic heterocycles. The van der Waals surface area contributed by atoms with Gasteiger partial charge in [-0.15, -0.1) is 0 Å². The molecule has 6 rings (SSSR count). The van der Waals surface area contributed by atoms with Crippen LogP contribution in [0.25, 0.3) is 0 Å². The van der Waals surface area contributed by atoms with Crippen LogP contribution in [0.5, 0.6) is 0 Å². The summed E-state index contributed by atoms with van der Waals surface area (Å²) >= 11 is 0. The third-order valence-electron chi connectivity index (χ3n) is 12.6. The van der Waals surface area contributed by atoms with E-state index >= 15 is 0 Å². The van der Waals surface area contributed by atoms with Crippen LogP contribution in [0.4, 0.5) is 0 Å². The molecular formula is C31H50O5. The molecule has 5 heteroatoms. The number of hydrogen-bond donors (Lipinski definition) is 0. The molecule has 12 atom stereocenters. The Morgan fingerprint density at radius 3 is 2.50 bits per heavy atom. The van der Waals surface area contributed by atoms with Crippen molar-refractivity contribution in [3.05, 3.63) is 0 Å². The van der Waals surface area contributed by atoms with Gasteiger partial charge in [-0.3, -0.25) is 4.79 Å². The summed E-state index contributed by atoms with van der Waals surface area (Å²) in [5.74, 6) is 3.94. The minimum absolute atomic E-state index is 0.00676. The molecule has 6 fully saturated rings. The van der Waals surface area contributed by atoms with Crippen molar-refractivity contribution < 1.29 is 24.0 Å². The van der Waals surface area contributed by atoms with Crippen molar-refractivity contribution >= 4 is 5.97 Å². The van der Waals surface area contributed by atoms with E-state index in [0.29, 0.717) is 46.8 Å². The molecular weight excluding hydrogens is 452 g/mol. The highest BCUT2D eigenvalue weighted by atomic mass is 17.2. The molecule has 0 bridgehead atoms. The van der Waals surface area contributed by atoms with Crippen LogP contribution in [0, 0.1) is 52.3 Å². The van der Waals surface area contributed by atoms with Gasteiger partial charge in [-0.2, -0.15) is 0 Å². The Morgan fingerprint density at radius 1 is 0.944 bits per heavy atom. The highest BCUT2D eigenvalue weighted by Gasteiger charge is 2.67. The monoisotopic (exact) mass is 502 g/mol. The minimum Gasteiger partial charge on any atom is -0.462 e. The van der Waals surface area contributed by atoms with Crippen LogP contribution in [0.2, 0.25) is 0 Å². The second-order valence-corrected chi connectivity index (χ2v) is 14.4. The van der Waals surface area contributed by atoms with Gasteiger partial charge in [0.2, 0.25) is 5.79 Å². The summed E-state index contributed by atoms with van der Waals surface area (Å²) in [6.45, 7) is 12.7. The quantitative estimate of drug-likeness (QED) is 0.305. The molecule has 0 amide bonds. The lowest BCUT2D eigenvalue weighted by atomic mass is 9.44. The summed E-state index contributed by atoms with van der Waals surface area (Å²) in [6.07, 6.45) is 13.6. The minimum atomic E-state index is -0.542. The van der Waals surface area contributed by atoms with Gasteiger partial charge in [0.1, 0.15) is 6.10 Å². The van der Waals surface area contributed by atoms with Crippen molar-refractivity contribution in [1.29, 1.82) is 0 Å². The molecule has 0 aromatic carbocycles. The molecule has 5 nitrogen and oxygen atoms in total. The highest BCUT2D eigenvalue weighted by Crippen LogP contribution is 2.70. The first-order chi connectivity index (χ1) is 17.2. The van der Waals surface area contributed by atoms with Crippen molar-refractivity contribution in [3.63, 3.8) is 0 Å². The van der Waals surface area contributed by atoms with Gasteiger partial charge in [-0.1, -0.05) is 34.6 Å². The Bertz CT molecular complexity index is 835. The molecule has 4 aliphatic carbocycles. The van der Waals surface area contributed by atoms with Crippen LogP contribution in [0.1, 0.15) is 112 Å². The van der Waals surface area contributed by atoms with Crippen LogP contribution >= 0.6 is 0 Å². The largest absolute Gasteiger partial charge is 0.462 e. The van der Waals surface area contributed by atoms with E-state index in [1.807, 2.05) is 0 Å². The third kappa shape index (κ3) is 3.84. The van der Waals surface area contributed by atoms with E-state index in [-0.39, 0.29) is 18.2 Å². The first-order valence-electron chi connectivity index (χ1n) is 15.4. The second-order valence-electron chi connectivity index (χ2n) is 14.4. The summed E-state index contributed by atoms with van der Waals surface area (Å²) in [5.41, 5.74) is 0.697. The molecule has 6 aliphatic rings. The predicted molar refractivity (Wildman–Crippen MR) is 138 cm³/mol. The van der Waals surface area contributed by atoms with E-state index in [1.54, 1.807) is 0 Å². The Balaban J connectivity index is 1.18. The smallest absolute Gasteiger partial charge is 0.306 e. The summed E-state index contributed by atoms with van der Waals surface area (Å²) in [6, 6.07) is 0. The SMILES string of the molecule is CCCC(=O)O[C@@H]1CCC2(C)C3CC[C@@]4(C)C(CC5OO[C@]6(CCC(C)CO6)[C@@H](C)C54)C3CC[C@@H]2C1. The molecule has 36 heavy (non-hydrogen) atoms. The topological polar surface area (TPSA) is 54.0 Å². The van der Waals surface area contributed by atoms with E-state index < -0.39 is 5.79 Å². The molecule has 0 radical (unpaired) electrons. The third-order valence-corrected chi connectivity index (χ3v) is 12.6. The Morgan fingerprint density at radius 2 is 1.75 bits per heavy atom. The number of hydrogen-bond acceptors (Lipinski definition) is 5. The molecule has 0 aromatic heterocycles. The number of carbonyl (C=O) groups excluding carboxylic acids is 1. The highest BCUT2D eigenvalue weighted by molar-refractivity contribution is 5.69. The first-order valence-corrected chi connectivity index (χ1v) is 15.4. The molecule has 204 valence electrons. The number of ether oxygens (including phenoxy) is 2. The zero-order valence-corrected chi connectivity index (χ0v) is 23.4. The fourth-order valence-corrected chi connectivity index (χ4v) is 10.6. The molecule has 2 saturated heterocycles. The molecule has 1 spiro atoms. The zero-order chi connectivity index (χ0) is 25.3. The van der Waals surface area contributed by atoms with Crippen molar-refractivity contribution in [2.75, 3.05) is 6.61 Å². The van der Waals surface area contributed by atoms with Crippen LogP contribution in [0.3, 0.4) is 0 Å². The van der Waals surface area contributed by atoms with E-state index in [4.69, 9.17) is 19.2 Å². The lowest BCUT2D eigenvalue weighted by molar-refractivity contribution is -0.502. The predicted octanol–water partition coefficient (Wildman–Crippen LogP) is 7.08. The van der Waals surface area contributed by atoms with Gasteiger partial charge in [0.25, 0.3) is 0 Å². The Kier molecular flexibility index (Phi) is 6.57. The van der Waals surface area contributed by atoms with Crippen LogP contribution in [-0.2, 0) is 24.0 Å². The van der Waals surface area contributed by atoms with E-state index in [1.165, 1.54) is 32.1 Å². The number of fused-ring (bicyclic) bond motifs is 7. The molecule has 0 N–H and O–H groups in total. The Labute approximate surface area is 218 Å². The summed E-state index contributed by atoms with van der Waals surface area (Å²) in [7, 11) is 0.